The fourth-order valence-corrected chi connectivity index (χ4v) is 4.44. The van der Waals surface area contributed by atoms with Gasteiger partial charge in [0, 0.05) is 36.7 Å². The number of ether oxygens (including phenoxy) is 1. The smallest absolute Gasteiger partial charge is 0.258 e. The lowest BCUT2D eigenvalue weighted by atomic mass is 9.93. The van der Waals surface area contributed by atoms with E-state index < -0.39 is 11.9 Å². The third-order valence-electron chi connectivity index (χ3n) is 6.15. The number of hydrogen-bond acceptors (Lipinski definition) is 8. The lowest BCUT2D eigenvalue weighted by Gasteiger charge is -2.36. The summed E-state index contributed by atoms with van der Waals surface area (Å²) < 4.78 is 11.2. The largest absolute Gasteiger partial charge is 0.490 e. The van der Waals surface area contributed by atoms with E-state index in [1.165, 1.54) is 0 Å². The summed E-state index contributed by atoms with van der Waals surface area (Å²) in [6.07, 6.45) is 0.692. The fourth-order valence-electron chi connectivity index (χ4n) is 4.44. The van der Waals surface area contributed by atoms with Crippen LogP contribution in [0.15, 0.2) is 40.9 Å². The number of rotatable bonds is 8. The van der Waals surface area contributed by atoms with Crippen molar-refractivity contribution in [2.24, 2.45) is 11.7 Å². The lowest BCUT2D eigenvalue weighted by Crippen LogP contribution is -2.51. The minimum absolute atomic E-state index is 0.0428. The minimum atomic E-state index is -0.511. The van der Waals surface area contributed by atoms with Gasteiger partial charge in [0.05, 0.1) is 17.7 Å². The first-order valence-corrected chi connectivity index (χ1v) is 11.6. The molecule has 3 N–H and O–H groups in total. The highest BCUT2D eigenvalue weighted by Crippen LogP contribution is 2.30. The predicted molar refractivity (Wildman–Crippen MR) is 129 cm³/mol. The molecule has 0 fully saturated rings. The molecule has 0 radical (unpaired) electrons. The third kappa shape index (κ3) is 5.19. The lowest BCUT2D eigenvalue weighted by molar-refractivity contribution is -0.126. The van der Waals surface area contributed by atoms with Crippen LogP contribution in [0.3, 0.4) is 0 Å². The molecule has 3 aromatic rings. The predicted octanol–water partition coefficient (Wildman–Crippen LogP) is 2.90. The number of nitriles is 1. The SMILES string of the molecule is CC(C)Oc1ccc(-c2nc(-c3ccc4c(c3)CCN(C(C(N)=O)[C@H](C)CO)C4)no2)cc1C#N. The van der Waals surface area contributed by atoms with E-state index in [2.05, 4.69) is 16.2 Å². The number of hydrogen-bond donors (Lipinski definition) is 2. The van der Waals surface area contributed by atoms with Gasteiger partial charge < -0.3 is 20.1 Å². The second kappa shape index (κ2) is 10.3. The van der Waals surface area contributed by atoms with Crippen molar-refractivity contribution in [2.75, 3.05) is 13.2 Å². The van der Waals surface area contributed by atoms with Crippen LogP contribution in [0.1, 0.15) is 37.5 Å². The highest BCUT2D eigenvalue weighted by atomic mass is 16.5. The van der Waals surface area contributed by atoms with Crippen molar-refractivity contribution in [3.05, 3.63) is 53.1 Å². The molecule has 4 rings (SSSR count). The summed E-state index contributed by atoms with van der Waals surface area (Å²) in [6, 6.07) is 12.8. The molecule has 1 aliphatic heterocycles. The third-order valence-corrected chi connectivity index (χ3v) is 6.15. The van der Waals surface area contributed by atoms with Crippen LogP contribution in [0.25, 0.3) is 22.8 Å². The number of amides is 1. The molecule has 1 aliphatic rings. The fraction of sp³-hybridized carbons (Fsp3) is 0.385. The van der Waals surface area contributed by atoms with Crippen molar-refractivity contribution < 1.29 is 19.2 Å². The quantitative estimate of drug-likeness (QED) is 0.507. The first-order valence-electron chi connectivity index (χ1n) is 11.6. The van der Waals surface area contributed by atoms with E-state index in [0.29, 0.717) is 41.7 Å². The maximum absolute atomic E-state index is 12.0. The van der Waals surface area contributed by atoms with Crippen molar-refractivity contribution in [3.63, 3.8) is 0 Å². The Kier molecular flexibility index (Phi) is 7.15. The van der Waals surface area contributed by atoms with Crippen LogP contribution in [0, 0.1) is 17.2 Å². The number of carbonyl (C=O) groups is 1. The van der Waals surface area contributed by atoms with Crippen molar-refractivity contribution >= 4 is 5.91 Å². The Balaban J connectivity index is 1.55. The van der Waals surface area contributed by atoms with Crippen LogP contribution >= 0.6 is 0 Å². The van der Waals surface area contributed by atoms with E-state index in [4.69, 9.17) is 15.0 Å². The Morgan fingerprint density at radius 1 is 1.23 bits per heavy atom. The van der Waals surface area contributed by atoms with Crippen LogP contribution in [0.5, 0.6) is 5.75 Å². The molecular formula is C26H29N5O4. The molecule has 1 aromatic heterocycles. The van der Waals surface area contributed by atoms with E-state index in [9.17, 15) is 15.2 Å². The van der Waals surface area contributed by atoms with E-state index in [-0.39, 0.29) is 18.6 Å². The number of aliphatic hydroxyl groups excluding tert-OH is 1. The molecule has 9 nitrogen and oxygen atoms in total. The molecule has 0 saturated carbocycles. The van der Waals surface area contributed by atoms with Gasteiger partial charge >= 0.3 is 0 Å². The summed E-state index contributed by atoms with van der Waals surface area (Å²) >= 11 is 0. The number of aromatic nitrogens is 2. The van der Waals surface area contributed by atoms with E-state index >= 15 is 0 Å². The topological polar surface area (TPSA) is 138 Å². The summed E-state index contributed by atoms with van der Waals surface area (Å²) in [7, 11) is 0. The molecule has 0 aliphatic carbocycles. The number of fused-ring (bicyclic) bond motifs is 1. The van der Waals surface area contributed by atoms with Crippen molar-refractivity contribution in [2.45, 2.75) is 45.9 Å². The number of nitrogens with two attached hydrogens (primary N) is 1. The molecule has 2 atom stereocenters. The van der Waals surface area contributed by atoms with Gasteiger partial charge in [0.15, 0.2) is 0 Å². The molecule has 2 aromatic carbocycles. The number of benzene rings is 2. The van der Waals surface area contributed by atoms with Gasteiger partial charge in [0.1, 0.15) is 11.8 Å². The molecule has 35 heavy (non-hydrogen) atoms. The standard InChI is InChI=1S/C26H29N5O4/c1-15(2)34-22-7-6-19(11-21(22)12-27)26-29-25(30-35-26)18-4-5-20-13-31(9-8-17(20)10-18)23(24(28)33)16(3)14-32/h4-7,10-11,15-16,23,32H,8-9,13-14H2,1-3H3,(H2,28,33)/t16-,23?/m1/s1. The first kappa shape index (κ1) is 24.4. The Bertz CT molecular complexity index is 1260. The zero-order chi connectivity index (χ0) is 25.1. The Morgan fingerprint density at radius 3 is 2.69 bits per heavy atom. The maximum Gasteiger partial charge on any atom is 0.258 e. The van der Waals surface area contributed by atoms with Crippen LogP contribution in [0.2, 0.25) is 0 Å². The monoisotopic (exact) mass is 475 g/mol. The van der Waals surface area contributed by atoms with Crippen molar-refractivity contribution in [1.29, 1.82) is 5.26 Å². The second-order valence-electron chi connectivity index (χ2n) is 9.12. The van der Waals surface area contributed by atoms with Gasteiger partial charge in [0.2, 0.25) is 11.7 Å². The zero-order valence-electron chi connectivity index (χ0n) is 20.1. The summed E-state index contributed by atoms with van der Waals surface area (Å²) in [5, 5.41) is 23.2. The highest BCUT2D eigenvalue weighted by Gasteiger charge is 2.31. The molecule has 9 heteroatoms. The molecule has 182 valence electrons. The van der Waals surface area contributed by atoms with Gasteiger partial charge in [-0.2, -0.15) is 10.2 Å². The van der Waals surface area contributed by atoms with Gasteiger partial charge in [-0.25, -0.2) is 0 Å². The molecule has 0 bridgehead atoms. The Labute approximate surface area is 204 Å². The number of primary amides is 1. The van der Waals surface area contributed by atoms with Crippen molar-refractivity contribution in [1.82, 2.24) is 15.0 Å². The average molecular weight is 476 g/mol. The first-order chi connectivity index (χ1) is 16.8. The molecule has 2 heterocycles. The van der Waals surface area contributed by atoms with Crippen LogP contribution in [-0.4, -0.2) is 51.4 Å². The summed E-state index contributed by atoms with van der Waals surface area (Å²) in [6.45, 7) is 6.77. The summed E-state index contributed by atoms with van der Waals surface area (Å²) in [5.74, 6) is 0.628. The van der Waals surface area contributed by atoms with Gasteiger partial charge in [0.25, 0.3) is 5.89 Å². The van der Waals surface area contributed by atoms with E-state index in [1.54, 1.807) is 18.2 Å². The second-order valence-corrected chi connectivity index (χ2v) is 9.12. The minimum Gasteiger partial charge on any atom is -0.490 e. The molecule has 0 spiro atoms. The van der Waals surface area contributed by atoms with E-state index in [0.717, 1.165) is 23.1 Å². The van der Waals surface area contributed by atoms with Crippen LogP contribution in [-0.2, 0) is 17.8 Å². The molecule has 0 saturated heterocycles. The summed E-state index contributed by atoms with van der Waals surface area (Å²) in [5.41, 5.74) is 9.72. The summed E-state index contributed by atoms with van der Waals surface area (Å²) in [4.78, 5) is 18.6. The highest BCUT2D eigenvalue weighted by molar-refractivity contribution is 5.80. The maximum atomic E-state index is 12.0. The number of aliphatic hydroxyl groups is 1. The Morgan fingerprint density at radius 2 is 2.00 bits per heavy atom. The number of carbonyl (C=O) groups excluding carboxylic acids is 1. The normalized spacial score (nSPS) is 15.3. The molecule has 1 unspecified atom stereocenters. The molecular weight excluding hydrogens is 446 g/mol. The zero-order valence-corrected chi connectivity index (χ0v) is 20.1. The van der Waals surface area contributed by atoms with Gasteiger partial charge in [-0.1, -0.05) is 24.2 Å². The van der Waals surface area contributed by atoms with Crippen LogP contribution < -0.4 is 10.5 Å². The van der Waals surface area contributed by atoms with E-state index in [1.807, 2.05) is 43.9 Å². The van der Waals surface area contributed by atoms with Gasteiger partial charge in [-0.15, -0.1) is 0 Å². The van der Waals surface area contributed by atoms with Gasteiger partial charge in [-0.3, -0.25) is 9.69 Å². The van der Waals surface area contributed by atoms with Crippen LogP contribution in [0.4, 0.5) is 0 Å². The number of nitrogens with zero attached hydrogens (tertiary/aromatic N) is 4. The Hall–Kier alpha value is -3.74. The van der Waals surface area contributed by atoms with Gasteiger partial charge in [-0.05, 0) is 55.7 Å². The van der Waals surface area contributed by atoms with Crippen molar-refractivity contribution in [3.8, 4) is 34.7 Å². The average Bonchev–Trinajstić information content (AvgIpc) is 3.33. The molecule has 1 amide bonds.